The normalized spacial score (nSPS) is 51.8. The molecular formula is C39H64O13. The van der Waals surface area contributed by atoms with E-state index in [9.17, 15) is 46.0 Å². The molecule has 2 saturated heterocycles. The van der Waals surface area contributed by atoms with Crippen LogP contribution in [-0.4, -0.2) is 138 Å². The first-order valence-electron chi connectivity index (χ1n) is 19.4. The van der Waals surface area contributed by atoms with Crippen molar-refractivity contribution in [3.8, 4) is 0 Å². The van der Waals surface area contributed by atoms with E-state index in [4.69, 9.17) is 18.9 Å². The minimum absolute atomic E-state index is 0.111. The fraction of sp³-hybridized carbons (Fsp3) is 0.897. The maximum Gasteiger partial charge on any atom is 0.186 e. The summed E-state index contributed by atoms with van der Waals surface area (Å²) in [5.41, 5.74) is 1.39. The third kappa shape index (κ3) is 6.99. The van der Waals surface area contributed by atoms with Gasteiger partial charge in [0.05, 0.1) is 37.1 Å². The molecule has 0 aromatic carbocycles. The van der Waals surface area contributed by atoms with Crippen molar-refractivity contribution in [3.63, 3.8) is 0 Å². The predicted octanol–water partition coefficient (Wildman–Crippen LogP) is 0.897. The summed E-state index contributed by atoms with van der Waals surface area (Å²) in [4.78, 5) is 0. The summed E-state index contributed by atoms with van der Waals surface area (Å²) in [7, 11) is 0. The summed E-state index contributed by atoms with van der Waals surface area (Å²) in [6.45, 7) is 11.6. The number of rotatable bonds is 9. The number of hydrogen-bond donors (Lipinski definition) is 9. The molecule has 0 amide bonds. The van der Waals surface area contributed by atoms with Gasteiger partial charge in [0.2, 0.25) is 0 Å². The van der Waals surface area contributed by atoms with Crippen molar-refractivity contribution in [1.29, 1.82) is 0 Å². The zero-order chi connectivity index (χ0) is 38.0. The first kappa shape index (κ1) is 40.6. The largest absolute Gasteiger partial charge is 0.394 e. The fourth-order valence-electron chi connectivity index (χ4n) is 11.4. The van der Waals surface area contributed by atoms with Crippen LogP contribution >= 0.6 is 0 Å². The Kier molecular flexibility index (Phi) is 12.1. The number of allylic oxidation sites excluding steroid dienone is 2. The lowest BCUT2D eigenvalue weighted by molar-refractivity contribution is -0.318. The lowest BCUT2D eigenvalue weighted by Gasteiger charge is -2.60. The van der Waals surface area contributed by atoms with Crippen LogP contribution in [0.3, 0.4) is 0 Å². The van der Waals surface area contributed by atoms with Crippen molar-refractivity contribution in [2.45, 2.75) is 172 Å². The molecule has 2 aliphatic heterocycles. The SMILES string of the molecule is CC(C)=CC[C@@H](O)[C@@H](C)[C@@H]1[C@H](O[C@H]2O[C@@H](CO)[C@@H](O)[C@@H](O)[C@H]2O)C[C@@H]2[C@@H]3CC=C4C[C@@H](O)C[C@H](O[C@H]5O[C@@H](C)[C@H](O)[C@H](O)[C@@H]5O)[C@@]4(C)[C@@H]3CC[C@]12C. The van der Waals surface area contributed by atoms with Crippen LogP contribution in [-0.2, 0) is 18.9 Å². The van der Waals surface area contributed by atoms with Gasteiger partial charge in [0.15, 0.2) is 12.6 Å². The van der Waals surface area contributed by atoms with Gasteiger partial charge in [0, 0.05) is 11.8 Å². The van der Waals surface area contributed by atoms with Gasteiger partial charge in [-0.2, -0.15) is 0 Å². The molecule has 13 nitrogen and oxygen atoms in total. The standard InChI is InChI=1S/C39H64O13/c1-17(2)7-10-25(42)18(3)29-26(50-37-35(48)33(46)31(44)27(16-40)51-37)15-24-22-9-8-20-13-21(41)14-28(39(20,6)23(22)11-12-38(24,29)5)52-36-34(47)32(45)30(43)19(4)49-36/h7-8,18-19,21-37,40-48H,9-16H2,1-6H3/t18-,19+,21-,22-,23-,24-,25-,26-,27+,28+,29-,30+,31-,32+,33-,34+,35-,36-,37+,38+,39-/m1/s1. The molecule has 0 spiro atoms. The Morgan fingerprint density at radius 3 is 2.21 bits per heavy atom. The van der Waals surface area contributed by atoms with Crippen LogP contribution in [0.1, 0.15) is 86.5 Å². The highest BCUT2D eigenvalue weighted by atomic mass is 16.7. The van der Waals surface area contributed by atoms with Gasteiger partial charge < -0.3 is 64.9 Å². The summed E-state index contributed by atoms with van der Waals surface area (Å²) in [6.07, 6.45) is -6.93. The summed E-state index contributed by atoms with van der Waals surface area (Å²) >= 11 is 0. The van der Waals surface area contributed by atoms with E-state index < -0.39 is 97.8 Å². The minimum atomic E-state index is -1.57. The second kappa shape index (κ2) is 15.5. The topological polar surface area (TPSA) is 219 Å². The second-order valence-electron chi connectivity index (χ2n) is 17.6. The van der Waals surface area contributed by atoms with E-state index in [0.29, 0.717) is 25.7 Å². The monoisotopic (exact) mass is 740 g/mol. The number of ether oxygens (including phenoxy) is 4. The Bertz CT molecular complexity index is 1300. The molecule has 2 heterocycles. The minimum Gasteiger partial charge on any atom is -0.394 e. The van der Waals surface area contributed by atoms with Gasteiger partial charge in [-0.1, -0.05) is 44.1 Å². The number of hydrogen-bond acceptors (Lipinski definition) is 13. The Balaban J connectivity index is 1.32. The van der Waals surface area contributed by atoms with Gasteiger partial charge in [-0.05, 0) is 94.3 Å². The van der Waals surface area contributed by atoms with E-state index in [1.165, 1.54) is 0 Å². The lowest BCUT2D eigenvalue weighted by atomic mass is 9.46. The first-order valence-corrected chi connectivity index (χ1v) is 19.4. The molecule has 0 radical (unpaired) electrons. The van der Waals surface area contributed by atoms with Crippen molar-refractivity contribution in [2.24, 2.45) is 40.4 Å². The highest BCUT2D eigenvalue weighted by molar-refractivity contribution is 5.28. The van der Waals surface area contributed by atoms with Crippen LogP contribution in [0.25, 0.3) is 0 Å². The summed E-state index contributed by atoms with van der Waals surface area (Å²) < 4.78 is 24.9. The van der Waals surface area contributed by atoms with E-state index >= 15 is 0 Å². The van der Waals surface area contributed by atoms with Crippen LogP contribution in [0.2, 0.25) is 0 Å². The van der Waals surface area contributed by atoms with E-state index in [1.54, 1.807) is 6.92 Å². The lowest BCUT2D eigenvalue weighted by Crippen LogP contribution is -2.61. The highest BCUT2D eigenvalue weighted by Gasteiger charge is 2.65. The molecule has 13 heteroatoms. The van der Waals surface area contributed by atoms with Crippen LogP contribution in [0, 0.1) is 40.4 Å². The summed E-state index contributed by atoms with van der Waals surface area (Å²) in [5, 5.41) is 96.2. The first-order chi connectivity index (χ1) is 24.4. The maximum atomic E-state index is 11.6. The average Bonchev–Trinajstić information content (AvgIpc) is 3.40. The summed E-state index contributed by atoms with van der Waals surface area (Å²) in [5.74, 6) is 0.0153. The Hall–Kier alpha value is -1.04. The van der Waals surface area contributed by atoms with Gasteiger partial charge in [-0.15, -0.1) is 0 Å². The Morgan fingerprint density at radius 1 is 0.904 bits per heavy atom. The van der Waals surface area contributed by atoms with Crippen LogP contribution in [0.5, 0.6) is 0 Å². The Morgan fingerprint density at radius 2 is 1.56 bits per heavy atom. The molecule has 5 fully saturated rings. The highest BCUT2D eigenvalue weighted by Crippen LogP contribution is 2.68. The summed E-state index contributed by atoms with van der Waals surface area (Å²) in [6, 6.07) is 0. The molecule has 3 saturated carbocycles. The second-order valence-corrected chi connectivity index (χ2v) is 17.6. The third-order valence-corrected chi connectivity index (χ3v) is 14.4. The molecule has 6 aliphatic rings. The van der Waals surface area contributed by atoms with Gasteiger partial charge in [0.25, 0.3) is 0 Å². The van der Waals surface area contributed by atoms with Gasteiger partial charge in [-0.3, -0.25) is 0 Å². The number of fused-ring (bicyclic) bond motifs is 5. The fourth-order valence-corrected chi connectivity index (χ4v) is 11.4. The molecule has 0 unspecified atom stereocenters. The predicted molar refractivity (Wildman–Crippen MR) is 187 cm³/mol. The zero-order valence-corrected chi connectivity index (χ0v) is 31.4. The smallest absolute Gasteiger partial charge is 0.186 e. The van der Waals surface area contributed by atoms with E-state index in [1.807, 2.05) is 26.8 Å². The molecule has 9 N–H and O–H groups in total. The molecule has 0 aromatic rings. The molecular weight excluding hydrogens is 676 g/mol. The van der Waals surface area contributed by atoms with Crippen LogP contribution in [0.4, 0.5) is 0 Å². The van der Waals surface area contributed by atoms with E-state index in [2.05, 4.69) is 19.9 Å². The quantitative estimate of drug-likeness (QED) is 0.150. The van der Waals surface area contributed by atoms with E-state index in [0.717, 1.165) is 30.4 Å². The molecule has 0 bridgehead atoms. The molecule has 52 heavy (non-hydrogen) atoms. The number of aliphatic hydroxyl groups excluding tert-OH is 9. The van der Waals surface area contributed by atoms with Crippen molar-refractivity contribution in [2.75, 3.05) is 6.61 Å². The zero-order valence-electron chi connectivity index (χ0n) is 31.4. The van der Waals surface area contributed by atoms with Gasteiger partial charge in [-0.25, -0.2) is 0 Å². The Labute approximate surface area is 307 Å². The van der Waals surface area contributed by atoms with Crippen LogP contribution < -0.4 is 0 Å². The number of aliphatic hydroxyl groups is 9. The molecule has 4 aliphatic carbocycles. The average molecular weight is 741 g/mol. The van der Waals surface area contributed by atoms with Crippen molar-refractivity contribution < 1.29 is 64.9 Å². The van der Waals surface area contributed by atoms with Crippen molar-refractivity contribution in [3.05, 3.63) is 23.3 Å². The van der Waals surface area contributed by atoms with Gasteiger partial charge in [0.1, 0.15) is 42.7 Å². The maximum absolute atomic E-state index is 11.6. The van der Waals surface area contributed by atoms with Crippen molar-refractivity contribution >= 4 is 0 Å². The molecule has 21 atom stereocenters. The van der Waals surface area contributed by atoms with Crippen LogP contribution in [0.15, 0.2) is 23.3 Å². The third-order valence-electron chi connectivity index (χ3n) is 14.4. The van der Waals surface area contributed by atoms with Crippen molar-refractivity contribution in [1.82, 2.24) is 0 Å². The molecule has 298 valence electrons. The molecule has 0 aromatic heterocycles. The molecule has 6 rings (SSSR count). The van der Waals surface area contributed by atoms with E-state index in [-0.39, 0.29) is 35.0 Å². The van der Waals surface area contributed by atoms with Gasteiger partial charge >= 0.3 is 0 Å².